The van der Waals surface area contributed by atoms with E-state index in [1.165, 1.54) is 31.2 Å². The van der Waals surface area contributed by atoms with Crippen LogP contribution in [0.3, 0.4) is 0 Å². The first-order valence-corrected chi connectivity index (χ1v) is 8.56. The minimum atomic E-state index is 0.663. The minimum Gasteiger partial charge on any atom is -0.381 e. The van der Waals surface area contributed by atoms with Gasteiger partial charge < -0.3 is 4.74 Å². The third kappa shape index (κ3) is 5.31. The van der Waals surface area contributed by atoms with Gasteiger partial charge in [-0.25, -0.2) is 0 Å². The van der Waals surface area contributed by atoms with Crippen LogP contribution < -0.4 is 0 Å². The molecular weight excluding hydrogens is 270 g/mol. The lowest BCUT2D eigenvalue weighted by Gasteiger charge is -2.28. The Morgan fingerprint density at radius 3 is 2.50 bits per heavy atom. The number of nitriles is 1. The Balaban J connectivity index is 1.67. The SMILES string of the molecule is CCC=CCCOCC1CCC(c2ccc(C#N)cc2)CC1. The molecule has 0 bridgehead atoms. The molecule has 0 radical (unpaired) electrons. The number of allylic oxidation sites excluding steroid dienone is 1. The van der Waals surface area contributed by atoms with Gasteiger partial charge in [0.25, 0.3) is 0 Å². The second-order valence-corrected chi connectivity index (χ2v) is 6.19. The second kappa shape index (κ2) is 9.43. The summed E-state index contributed by atoms with van der Waals surface area (Å²) >= 11 is 0. The van der Waals surface area contributed by atoms with E-state index in [1.807, 2.05) is 12.1 Å². The van der Waals surface area contributed by atoms with Crippen molar-refractivity contribution in [1.82, 2.24) is 0 Å². The van der Waals surface area contributed by atoms with Gasteiger partial charge >= 0.3 is 0 Å². The lowest BCUT2D eigenvalue weighted by Crippen LogP contribution is -2.18. The smallest absolute Gasteiger partial charge is 0.0991 e. The molecule has 2 heteroatoms. The Morgan fingerprint density at radius 1 is 1.14 bits per heavy atom. The average Bonchev–Trinajstić information content (AvgIpc) is 2.59. The van der Waals surface area contributed by atoms with Crippen LogP contribution in [0.5, 0.6) is 0 Å². The fourth-order valence-electron chi connectivity index (χ4n) is 3.18. The molecule has 0 N–H and O–H groups in total. The lowest BCUT2D eigenvalue weighted by atomic mass is 9.79. The van der Waals surface area contributed by atoms with Crippen LogP contribution in [0, 0.1) is 17.2 Å². The van der Waals surface area contributed by atoms with Crippen molar-refractivity contribution in [2.24, 2.45) is 5.92 Å². The molecule has 118 valence electrons. The Morgan fingerprint density at radius 2 is 1.86 bits per heavy atom. The zero-order chi connectivity index (χ0) is 15.6. The van der Waals surface area contributed by atoms with Crippen molar-refractivity contribution in [1.29, 1.82) is 5.26 Å². The minimum absolute atomic E-state index is 0.663. The van der Waals surface area contributed by atoms with Crippen molar-refractivity contribution < 1.29 is 4.74 Å². The van der Waals surface area contributed by atoms with Crippen LogP contribution in [-0.2, 0) is 4.74 Å². The number of hydrogen-bond acceptors (Lipinski definition) is 2. The van der Waals surface area contributed by atoms with Gasteiger partial charge in [0.2, 0.25) is 0 Å². The highest BCUT2D eigenvalue weighted by Crippen LogP contribution is 2.35. The molecule has 0 atom stereocenters. The molecule has 1 saturated carbocycles. The van der Waals surface area contributed by atoms with E-state index in [0.29, 0.717) is 5.92 Å². The quantitative estimate of drug-likeness (QED) is 0.511. The highest BCUT2D eigenvalue weighted by atomic mass is 16.5. The van der Waals surface area contributed by atoms with Gasteiger partial charge in [0.15, 0.2) is 0 Å². The van der Waals surface area contributed by atoms with E-state index in [2.05, 4.69) is 37.3 Å². The largest absolute Gasteiger partial charge is 0.381 e. The fraction of sp³-hybridized carbons (Fsp3) is 0.550. The van der Waals surface area contributed by atoms with E-state index in [-0.39, 0.29) is 0 Å². The number of rotatable bonds is 7. The summed E-state index contributed by atoms with van der Waals surface area (Å²) in [6.07, 6.45) is 11.6. The van der Waals surface area contributed by atoms with Crippen molar-refractivity contribution >= 4 is 0 Å². The third-order valence-corrected chi connectivity index (χ3v) is 4.54. The first-order chi connectivity index (χ1) is 10.8. The monoisotopic (exact) mass is 297 g/mol. The number of benzene rings is 1. The maximum atomic E-state index is 8.86. The van der Waals surface area contributed by atoms with Gasteiger partial charge in [0, 0.05) is 6.61 Å². The molecule has 1 aromatic rings. The predicted molar refractivity (Wildman–Crippen MR) is 90.7 cm³/mol. The highest BCUT2D eigenvalue weighted by molar-refractivity contribution is 5.33. The zero-order valence-corrected chi connectivity index (χ0v) is 13.6. The second-order valence-electron chi connectivity index (χ2n) is 6.19. The summed E-state index contributed by atoms with van der Waals surface area (Å²) in [5, 5.41) is 8.86. The van der Waals surface area contributed by atoms with Crippen LogP contribution in [0.25, 0.3) is 0 Å². The summed E-state index contributed by atoms with van der Waals surface area (Å²) < 4.78 is 5.80. The molecule has 1 aromatic carbocycles. The average molecular weight is 297 g/mol. The number of hydrogen-bond donors (Lipinski definition) is 0. The van der Waals surface area contributed by atoms with Gasteiger partial charge in [-0.2, -0.15) is 5.26 Å². The number of ether oxygens (including phenoxy) is 1. The Labute approximate surface area is 134 Å². The zero-order valence-electron chi connectivity index (χ0n) is 13.6. The summed E-state index contributed by atoms with van der Waals surface area (Å²) in [5.41, 5.74) is 2.14. The van der Waals surface area contributed by atoms with Crippen LogP contribution in [-0.4, -0.2) is 13.2 Å². The molecule has 0 saturated heterocycles. The number of nitrogens with zero attached hydrogens (tertiary/aromatic N) is 1. The van der Waals surface area contributed by atoms with Crippen molar-refractivity contribution in [3.63, 3.8) is 0 Å². The van der Waals surface area contributed by atoms with Crippen molar-refractivity contribution in [3.05, 3.63) is 47.5 Å². The topological polar surface area (TPSA) is 33.0 Å². The van der Waals surface area contributed by atoms with Crippen LogP contribution in [0.1, 0.15) is 62.5 Å². The van der Waals surface area contributed by atoms with Gasteiger partial charge in [-0.1, -0.05) is 31.2 Å². The van der Waals surface area contributed by atoms with E-state index in [0.717, 1.165) is 37.5 Å². The Bertz CT molecular complexity index is 489. The molecule has 0 spiro atoms. The van der Waals surface area contributed by atoms with E-state index < -0.39 is 0 Å². The first-order valence-electron chi connectivity index (χ1n) is 8.56. The lowest BCUT2D eigenvalue weighted by molar-refractivity contribution is 0.0858. The van der Waals surface area contributed by atoms with Crippen LogP contribution in [0.4, 0.5) is 0 Å². The predicted octanol–water partition coefficient (Wildman–Crippen LogP) is 5.20. The molecule has 1 aliphatic carbocycles. The first kappa shape index (κ1) is 16.8. The molecule has 2 nitrogen and oxygen atoms in total. The summed E-state index contributed by atoms with van der Waals surface area (Å²) in [6, 6.07) is 10.3. The fourth-order valence-corrected chi connectivity index (χ4v) is 3.18. The van der Waals surface area contributed by atoms with Crippen LogP contribution >= 0.6 is 0 Å². The van der Waals surface area contributed by atoms with E-state index in [1.54, 1.807) is 0 Å². The molecule has 1 aliphatic rings. The molecule has 22 heavy (non-hydrogen) atoms. The summed E-state index contributed by atoms with van der Waals surface area (Å²) in [5.74, 6) is 1.39. The van der Waals surface area contributed by atoms with Gasteiger partial charge in [-0.3, -0.25) is 0 Å². The van der Waals surface area contributed by atoms with Crippen LogP contribution in [0.15, 0.2) is 36.4 Å². The molecular formula is C20H27NO. The van der Waals surface area contributed by atoms with Crippen molar-refractivity contribution in [2.75, 3.05) is 13.2 Å². The van der Waals surface area contributed by atoms with E-state index in [4.69, 9.17) is 10.00 Å². The van der Waals surface area contributed by atoms with Gasteiger partial charge in [0.05, 0.1) is 18.2 Å². The Kier molecular flexibility index (Phi) is 7.19. The molecule has 1 fully saturated rings. The molecule has 0 aromatic heterocycles. The Hall–Kier alpha value is -1.59. The van der Waals surface area contributed by atoms with Gasteiger partial charge in [-0.15, -0.1) is 0 Å². The molecule has 0 heterocycles. The standard InChI is InChI=1S/C20H27NO/c1-2-3-4-5-14-22-16-18-8-12-20(13-9-18)19-10-6-17(15-21)7-11-19/h3-4,6-7,10-11,18,20H,2,5,8-9,12-14,16H2,1H3. The maximum Gasteiger partial charge on any atom is 0.0991 e. The summed E-state index contributed by atoms with van der Waals surface area (Å²) in [7, 11) is 0. The molecule has 0 amide bonds. The normalized spacial score (nSPS) is 21.8. The van der Waals surface area contributed by atoms with Crippen molar-refractivity contribution in [2.45, 2.75) is 51.4 Å². The van der Waals surface area contributed by atoms with E-state index >= 15 is 0 Å². The maximum absolute atomic E-state index is 8.86. The van der Waals surface area contributed by atoms with E-state index in [9.17, 15) is 0 Å². The summed E-state index contributed by atoms with van der Waals surface area (Å²) in [4.78, 5) is 0. The molecule has 0 unspecified atom stereocenters. The van der Waals surface area contributed by atoms with Gasteiger partial charge in [0.1, 0.15) is 0 Å². The van der Waals surface area contributed by atoms with Crippen LogP contribution in [0.2, 0.25) is 0 Å². The molecule has 2 rings (SSSR count). The van der Waals surface area contributed by atoms with Crippen molar-refractivity contribution in [3.8, 4) is 6.07 Å². The third-order valence-electron chi connectivity index (χ3n) is 4.54. The van der Waals surface area contributed by atoms with Gasteiger partial charge in [-0.05, 0) is 68.1 Å². The highest BCUT2D eigenvalue weighted by Gasteiger charge is 2.22. The molecule has 0 aliphatic heterocycles. The summed E-state index contributed by atoms with van der Waals surface area (Å²) in [6.45, 7) is 3.93.